The zero-order chi connectivity index (χ0) is 51.2. The maximum absolute atomic E-state index is 5.27. The summed E-state index contributed by atoms with van der Waals surface area (Å²) in [6.45, 7) is 14.6. The van der Waals surface area contributed by atoms with Gasteiger partial charge in [-0.2, -0.15) is 10.2 Å². The number of H-pyrrole nitrogens is 1. The molecule has 7 aromatic heterocycles. The summed E-state index contributed by atoms with van der Waals surface area (Å²) >= 11 is 0. The van der Waals surface area contributed by atoms with Crippen molar-refractivity contribution in [2.24, 2.45) is 24.1 Å². The molecule has 20 heteroatoms. The van der Waals surface area contributed by atoms with Gasteiger partial charge in [-0.15, -0.1) is 15.3 Å². The zero-order valence-corrected chi connectivity index (χ0v) is 43.7. The van der Waals surface area contributed by atoms with Crippen LogP contribution < -0.4 is 20.7 Å². The van der Waals surface area contributed by atoms with Crippen molar-refractivity contribution in [3.05, 3.63) is 118 Å². The second kappa shape index (κ2) is 20.2. The zero-order valence-electron chi connectivity index (χ0n) is 43.7. The van der Waals surface area contributed by atoms with Crippen LogP contribution in [0.5, 0.6) is 5.75 Å². The molecule has 3 aliphatic carbocycles. The molecule has 382 valence electrons. The number of fused-ring (bicyclic) bond motifs is 3. The van der Waals surface area contributed by atoms with Gasteiger partial charge in [0.2, 0.25) is 5.82 Å². The number of nitrogens with one attached hydrogen (secondary N) is 4. The highest BCUT2D eigenvalue weighted by Gasteiger charge is 2.34. The average molecular weight is 996 g/mol. The molecule has 4 N–H and O–H groups in total. The number of hydrogen-bond donors (Lipinski definition) is 4. The van der Waals surface area contributed by atoms with E-state index in [1.54, 1.807) is 7.11 Å². The Labute approximate surface area is 430 Å². The summed E-state index contributed by atoms with van der Waals surface area (Å²) in [5.74, 6) is 10.4. The molecule has 20 nitrogen and oxygen atoms in total. The lowest BCUT2D eigenvalue weighted by molar-refractivity contribution is 0.414. The van der Waals surface area contributed by atoms with Gasteiger partial charge in [-0.3, -0.25) is 24.4 Å². The Morgan fingerprint density at radius 3 is 1.84 bits per heavy atom. The highest BCUT2D eigenvalue weighted by molar-refractivity contribution is 6.16. The van der Waals surface area contributed by atoms with Crippen LogP contribution in [-0.4, -0.2) is 106 Å². The monoisotopic (exact) mass is 996 g/mol. The van der Waals surface area contributed by atoms with Gasteiger partial charge in [0.15, 0.2) is 11.6 Å². The Hall–Kier alpha value is -7.90. The fourth-order valence-electron chi connectivity index (χ4n) is 9.46. The average Bonchev–Trinajstić information content (AvgIpc) is 4.33. The third kappa shape index (κ3) is 10.1. The standard InChI is InChI=1S/C22H25N7O.2C16H20N6/c1-13(2)24-21-18-17(10-11-23-21)29(12-14-4-8-16(30-3)9-5-14)28-19(18)22-25-20(26-27-22)15-6-7-15;1-9(2)19-14-12-11(6-7-17-14)8-18-13(12)15-20-16(10-4-5-10)22(3)21-15;1-9(2)19-14-12-11(6-7-17-14)8-18-13(12)16-21-20-15(22(16)3)10-4-5-10/h4-5,8-11,13,15H,6-7,12H2,1-3H3,(H,23,24)(H,25,26,27);2*6-7,9-10H,4-5,8H2,1-3H3,(H,17,19). The number of aryl methyl sites for hydroxylation is 1. The molecule has 74 heavy (non-hydrogen) atoms. The number of hydrogen-bond acceptors (Lipinski definition) is 16. The first-order chi connectivity index (χ1) is 35.9. The van der Waals surface area contributed by atoms with Crippen molar-refractivity contribution >= 4 is 39.8 Å². The molecule has 13 rings (SSSR count). The summed E-state index contributed by atoms with van der Waals surface area (Å²) in [5, 5.41) is 37.1. The van der Waals surface area contributed by atoms with Crippen LogP contribution in [0, 0.1) is 0 Å². The van der Waals surface area contributed by atoms with Gasteiger partial charge in [0, 0.05) is 68.6 Å². The molecule has 3 saturated carbocycles. The number of aromatic amines is 1. The van der Waals surface area contributed by atoms with Crippen LogP contribution in [0.15, 0.2) is 71.0 Å². The lowest BCUT2D eigenvalue weighted by Crippen LogP contribution is -2.17. The van der Waals surface area contributed by atoms with Crippen molar-refractivity contribution in [1.82, 2.24) is 69.4 Å². The van der Waals surface area contributed by atoms with Gasteiger partial charge in [-0.1, -0.05) is 12.1 Å². The number of ether oxygens (including phenoxy) is 1. The Bertz CT molecular complexity index is 3370. The summed E-state index contributed by atoms with van der Waals surface area (Å²) in [6.07, 6.45) is 12.7. The van der Waals surface area contributed by atoms with E-state index < -0.39 is 0 Å². The molecule has 5 aliphatic rings. The van der Waals surface area contributed by atoms with Crippen LogP contribution in [0.2, 0.25) is 0 Å². The summed E-state index contributed by atoms with van der Waals surface area (Å²) < 4.78 is 11.3. The second-order valence-corrected chi connectivity index (χ2v) is 20.7. The Balaban J connectivity index is 0.000000121. The van der Waals surface area contributed by atoms with Crippen LogP contribution in [0.1, 0.15) is 155 Å². The van der Waals surface area contributed by atoms with E-state index in [4.69, 9.17) is 24.8 Å². The summed E-state index contributed by atoms with van der Waals surface area (Å²) in [7, 11) is 5.68. The van der Waals surface area contributed by atoms with Gasteiger partial charge in [-0.05, 0) is 127 Å². The third-order valence-electron chi connectivity index (χ3n) is 13.5. The van der Waals surface area contributed by atoms with Crippen LogP contribution in [-0.2, 0) is 33.7 Å². The number of aliphatic imine (C=N–C) groups is 2. The minimum absolute atomic E-state index is 0.245. The molecule has 0 atom stereocenters. The predicted molar refractivity (Wildman–Crippen MR) is 286 cm³/mol. The van der Waals surface area contributed by atoms with Crippen molar-refractivity contribution < 1.29 is 4.74 Å². The molecule has 3 fully saturated rings. The van der Waals surface area contributed by atoms with E-state index in [0.717, 1.165) is 97.0 Å². The first kappa shape index (κ1) is 48.4. The van der Waals surface area contributed by atoms with E-state index in [-0.39, 0.29) is 6.04 Å². The molecule has 9 heterocycles. The molecule has 0 unspecified atom stereocenters. The highest BCUT2D eigenvalue weighted by atomic mass is 16.5. The van der Waals surface area contributed by atoms with Crippen molar-refractivity contribution in [2.75, 3.05) is 23.1 Å². The van der Waals surface area contributed by atoms with Crippen LogP contribution in [0.4, 0.5) is 17.5 Å². The summed E-state index contributed by atoms with van der Waals surface area (Å²) in [5.41, 5.74) is 9.18. The normalized spacial score (nSPS) is 15.6. The molecular weight excluding hydrogens is 931 g/mol. The number of aromatic nitrogens is 14. The molecule has 0 bridgehead atoms. The van der Waals surface area contributed by atoms with Crippen LogP contribution in [0.3, 0.4) is 0 Å². The molecule has 0 spiro atoms. The predicted octanol–water partition coefficient (Wildman–Crippen LogP) is 8.49. The Morgan fingerprint density at radius 2 is 1.22 bits per heavy atom. The maximum Gasteiger partial charge on any atom is 0.202 e. The van der Waals surface area contributed by atoms with E-state index >= 15 is 0 Å². The number of nitrogens with zero attached hydrogens (tertiary/aromatic N) is 15. The van der Waals surface area contributed by atoms with E-state index in [1.165, 1.54) is 49.7 Å². The third-order valence-corrected chi connectivity index (χ3v) is 13.5. The Kier molecular flexibility index (Phi) is 13.2. The van der Waals surface area contributed by atoms with Crippen LogP contribution >= 0.6 is 0 Å². The first-order valence-corrected chi connectivity index (χ1v) is 26.0. The van der Waals surface area contributed by atoms with Crippen molar-refractivity contribution in [3.63, 3.8) is 0 Å². The summed E-state index contributed by atoms with van der Waals surface area (Å²) in [6, 6.07) is 15.0. The SMILES string of the molecule is CC(C)Nc1nccc2c1C(c1nc(C3CC3)n(C)n1)=NC2.CC(C)Nc1nccc2c1C(c1nnc(C3CC3)n1C)=NC2.COc1ccc(Cn2nc(-c3n[nH]c(C4CC4)n3)c3c(NC(C)C)nccc32)cc1. The number of pyridine rings is 3. The number of benzene rings is 1. The van der Waals surface area contributed by atoms with Gasteiger partial charge in [0.05, 0.1) is 48.8 Å². The first-order valence-electron chi connectivity index (χ1n) is 26.0. The van der Waals surface area contributed by atoms with E-state index in [9.17, 15) is 0 Å². The highest BCUT2D eigenvalue weighted by Crippen LogP contribution is 2.41. The Morgan fingerprint density at radius 1 is 0.635 bits per heavy atom. The number of anilines is 3. The van der Waals surface area contributed by atoms with Gasteiger partial charge < -0.3 is 25.3 Å². The molecule has 8 aromatic rings. The maximum atomic E-state index is 5.27. The van der Waals surface area contributed by atoms with Crippen molar-refractivity contribution in [1.29, 1.82) is 0 Å². The smallest absolute Gasteiger partial charge is 0.202 e. The molecule has 1 aromatic carbocycles. The van der Waals surface area contributed by atoms with Gasteiger partial charge in [0.1, 0.15) is 57.8 Å². The van der Waals surface area contributed by atoms with Gasteiger partial charge in [0.25, 0.3) is 0 Å². The van der Waals surface area contributed by atoms with Crippen molar-refractivity contribution in [2.45, 2.75) is 136 Å². The molecule has 0 amide bonds. The van der Waals surface area contributed by atoms with Gasteiger partial charge >= 0.3 is 0 Å². The number of rotatable bonds is 15. The largest absolute Gasteiger partial charge is 0.497 e. The summed E-state index contributed by atoms with van der Waals surface area (Å²) in [4.78, 5) is 32.4. The topological polar surface area (TPSA) is 230 Å². The fraction of sp³-hybridized carbons (Fsp3) is 0.444. The number of methoxy groups -OCH3 is 1. The second-order valence-electron chi connectivity index (χ2n) is 20.7. The van der Waals surface area contributed by atoms with Crippen molar-refractivity contribution in [3.8, 4) is 17.3 Å². The fourth-order valence-corrected chi connectivity index (χ4v) is 9.46. The van der Waals surface area contributed by atoms with E-state index in [1.807, 2.05) is 72.4 Å². The minimum Gasteiger partial charge on any atom is -0.497 e. The lowest BCUT2D eigenvalue weighted by atomic mass is 10.1. The van der Waals surface area contributed by atoms with E-state index in [2.05, 4.69) is 120 Å². The van der Waals surface area contributed by atoms with Crippen LogP contribution in [0.25, 0.3) is 22.4 Å². The minimum atomic E-state index is 0.245. The molecule has 2 aliphatic heterocycles. The quantitative estimate of drug-likeness (QED) is 0.0755. The van der Waals surface area contributed by atoms with E-state index in [0.29, 0.717) is 55.3 Å². The van der Waals surface area contributed by atoms with Gasteiger partial charge in [-0.25, -0.2) is 24.9 Å². The molecule has 0 saturated heterocycles. The molecular formula is C54H65N19O. The molecule has 0 radical (unpaired) electrons. The lowest BCUT2D eigenvalue weighted by Gasteiger charge is -2.14.